The zero-order valence-corrected chi connectivity index (χ0v) is 23.8. The Morgan fingerprint density at radius 1 is 1.02 bits per heavy atom. The minimum Gasteiger partial charge on any atom is -0.467 e. The Kier molecular flexibility index (Phi) is 7.62. The third kappa shape index (κ3) is 5.33. The molecule has 1 amide bonds. The highest BCUT2D eigenvalue weighted by Crippen LogP contribution is 2.37. The molecule has 42 heavy (non-hydrogen) atoms. The number of anilines is 1. The largest absolute Gasteiger partial charge is 0.467 e. The average Bonchev–Trinajstić information content (AvgIpc) is 3.26. The second-order valence-corrected chi connectivity index (χ2v) is 10.3. The van der Waals surface area contributed by atoms with Crippen LogP contribution < -0.4 is 9.64 Å². The molecule has 212 valence electrons. The predicted octanol–water partition coefficient (Wildman–Crippen LogP) is 5.50. The number of ether oxygens (including phenoxy) is 1. The van der Waals surface area contributed by atoms with Crippen molar-refractivity contribution in [2.75, 3.05) is 38.2 Å². The van der Waals surface area contributed by atoms with Crippen LogP contribution in [0, 0.1) is 12.7 Å². The maximum absolute atomic E-state index is 16.2. The fourth-order valence-electron chi connectivity index (χ4n) is 5.21. The van der Waals surface area contributed by atoms with Gasteiger partial charge < -0.3 is 14.5 Å². The molecule has 3 aromatic heterocycles. The molecule has 11 heteroatoms. The van der Waals surface area contributed by atoms with Gasteiger partial charge in [-0.15, -0.1) is 0 Å². The van der Waals surface area contributed by atoms with E-state index in [-0.39, 0.29) is 23.1 Å². The summed E-state index contributed by atoms with van der Waals surface area (Å²) in [6, 6.07) is 12.9. The summed E-state index contributed by atoms with van der Waals surface area (Å²) in [5, 5.41) is 2.57. The number of halogens is 2. The Labute approximate surface area is 246 Å². The monoisotopic (exact) mass is 583 g/mol. The van der Waals surface area contributed by atoms with Crippen molar-refractivity contribution in [3.8, 4) is 17.3 Å². The van der Waals surface area contributed by atoms with Crippen LogP contribution >= 0.6 is 11.6 Å². The van der Waals surface area contributed by atoms with Crippen molar-refractivity contribution in [1.82, 2.24) is 29.8 Å². The van der Waals surface area contributed by atoms with Crippen molar-refractivity contribution < 1.29 is 13.9 Å². The molecule has 0 N–H and O–H groups in total. The third-order valence-corrected chi connectivity index (χ3v) is 7.55. The Bertz CT molecular complexity index is 1840. The lowest BCUT2D eigenvalue weighted by atomic mass is 10.0. The summed E-state index contributed by atoms with van der Waals surface area (Å²) in [6.45, 7) is 3.93. The highest BCUT2D eigenvalue weighted by atomic mass is 35.5. The van der Waals surface area contributed by atoms with Gasteiger partial charge in [0.25, 0.3) is 0 Å². The fourth-order valence-corrected chi connectivity index (χ4v) is 5.50. The molecule has 0 unspecified atom stereocenters. The maximum Gasteiger partial charge on any atom is 0.318 e. The van der Waals surface area contributed by atoms with E-state index in [1.165, 1.54) is 13.2 Å². The van der Waals surface area contributed by atoms with Gasteiger partial charge in [0.1, 0.15) is 22.9 Å². The van der Waals surface area contributed by atoms with Crippen LogP contribution in [-0.2, 0) is 4.79 Å². The first-order chi connectivity index (χ1) is 20.4. The number of pyridine rings is 1. The van der Waals surface area contributed by atoms with Crippen LogP contribution in [0.4, 0.5) is 10.2 Å². The summed E-state index contributed by atoms with van der Waals surface area (Å²) in [5.74, 6) is 0.455. The molecule has 0 aliphatic carbocycles. The van der Waals surface area contributed by atoms with Crippen LogP contribution in [0.25, 0.3) is 39.0 Å². The normalized spacial score (nSPS) is 14.1. The molecule has 1 aliphatic heterocycles. The molecule has 4 heterocycles. The molecule has 9 nitrogen and oxygen atoms in total. The standard InChI is InChI=1S/C31H27ClFN7O2/c1-19-34-13-12-21(36-19)10-11-25(41)39-14-5-15-40(17-16-39)30-23-18-35-28(27(33)29(23)37-31(38-30)42-2)22-8-3-6-20-7-4-9-24(32)26(20)22/h3-4,6-13,18H,5,14-17H2,1-2H3/b11-10+. The van der Waals surface area contributed by atoms with Gasteiger partial charge in [0.05, 0.1) is 18.2 Å². The Morgan fingerprint density at radius 2 is 1.86 bits per heavy atom. The van der Waals surface area contributed by atoms with E-state index in [2.05, 4.69) is 24.9 Å². The number of amides is 1. The number of methoxy groups -OCH3 is 1. The van der Waals surface area contributed by atoms with Crippen LogP contribution in [0.2, 0.25) is 5.02 Å². The van der Waals surface area contributed by atoms with Gasteiger partial charge in [0.15, 0.2) is 5.82 Å². The van der Waals surface area contributed by atoms with Crippen molar-refractivity contribution in [1.29, 1.82) is 0 Å². The first kappa shape index (κ1) is 27.5. The number of aromatic nitrogens is 5. The summed E-state index contributed by atoms with van der Waals surface area (Å²) < 4.78 is 21.6. The summed E-state index contributed by atoms with van der Waals surface area (Å²) in [5.41, 5.74) is 1.50. The van der Waals surface area contributed by atoms with E-state index in [0.29, 0.717) is 65.9 Å². The highest BCUT2D eigenvalue weighted by molar-refractivity contribution is 6.36. The molecule has 0 bridgehead atoms. The van der Waals surface area contributed by atoms with E-state index in [0.717, 1.165) is 10.8 Å². The second-order valence-electron chi connectivity index (χ2n) is 9.89. The number of nitrogens with zero attached hydrogens (tertiary/aromatic N) is 7. The number of carbonyl (C=O) groups is 1. The number of hydrogen-bond acceptors (Lipinski definition) is 8. The van der Waals surface area contributed by atoms with Gasteiger partial charge in [-0.1, -0.05) is 41.9 Å². The molecule has 5 aromatic rings. The lowest BCUT2D eigenvalue weighted by Gasteiger charge is -2.24. The van der Waals surface area contributed by atoms with E-state index in [1.807, 2.05) is 29.2 Å². The first-order valence-corrected chi connectivity index (χ1v) is 13.9. The molecule has 1 fully saturated rings. The van der Waals surface area contributed by atoms with E-state index in [9.17, 15) is 4.79 Å². The zero-order chi connectivity index (χ0) is 29.2. The van der Waals surface area contributed by atoms with Gasteiger partial charge in [-0.25, -0.2) is 14.4 Å². The molecule has 1 saturated heterocycles. The van der Waals surface area contributed by atoms with E-state index >= 15 is 4.39 Å². The van der Waals surface area contributed by atoms with Gasteiger partial charge in [-0.3, -0.25) is 9.78 Å². The molecular formula is C31H27ClFN7O2. The van der Waals surface area contributed by atoms with Gasteiger partial charge in [0.2, 0.25) is 5.91 Å². The maximum atomic E-state index is 16.2. The van der Waals surface area contributed by atoms with E-state index in [1.54, 1.807) is 48.5 Å². The number of carbonyl (C=O) groups excluding carboxylic acids is 1. The molecule has 1 aliphatic rings. The van der Waals surface area contributed by atoms with Gasteiger partial charge in [0, 0.05) is 60.6 Å². The molecule has 0 atom stereocenters. The molecule has 0 radical (unpaired) electrons. The lowest BCUT2D eigenvalue weighted by molar-refractivity contribution is -0.125. The number of benzene rings is 2. The third-order valence-electron chi connectivity index (χ3n) is 7.24. The number of hydrogen-bond donors (Lipinski definition) is 0. The Hall–Kier alpha value is -4.70. The zero-order valence-electron chi connectivity index (χ0n) is 23.1. The Morgan fingerprint density at radius 3 is 2.67 bits per heavy atom. The summed E-state index contributed by atoms with van der Waals surface area (Å²) >= 11 is 6.52. The topological polar surface area (TPSA) is 97.2 Å². The van der Waals surface area contributed by atoms with Crippen molar-refractivity contribution in [2.45, 2.75) is 13.3 Å². The molecule has 0 spiro atoms. The average molecular weight is 584 g/mol. The highest BCUT2D eigenvalue weighted by Gasteiger charge is 2.24. The van der Waals surface area contributed by atoms with Crippen LogP contribution in [0.1, 0.15) is 17.9 Å². The number of aryl methyl sites for hydroxylation is 1. The predicted molar refractivity (Wildman–Crippen MR) is 161 cm³/mol. The molecule has 2 aromatic carbocycles. The van der Waals surface area contributed by atoms with Crippen molar-refractivity contribution in [2.24, 2.45) is 0 Å². The van der Waals surface area contributed by atoms with E-state index in [4.69, 9.17) is 16.3 Å². The molecule has 0 saturated carbocycles. The number of fused-ring (bicyclic) bond motifs is 2. The van der Waals surface area contributed by atoms with Gasteiger partial charge >= 0.3 is 6.01 Å². The van der Waals surface area contributed by atoms with Crippen LogP contribution in [-0.4, -0.2) is 69.0 Å². The van der Waals surface area contributed by atoms with E-state index < -0.39 is 5.82 Å². The molecule has 6 rings (SSSR count). The van der Waals surface area contributed by atoms with Crippen LogP contribution in [0.15, 0.2) is 60.9 Å². The van der Waals surface area contributed by atoms with Gasteiger partial charge in [-0.2, -0.15) is 9.97 Å². The van der Waals surface area contributed by atoms with Crippen molar-refractivity contribution >= 4 is 51.1 Å². The molecular weight excluding hydrogens is 557 g/mol. The summed E-state index contributed by atoms with van der Waals surface area (Å²) in [7, 11) is 1.45. The van der Waals surface area contributed by atoms with Gasteiger partial charge in [-0.05, 0) is 36.9 Å². The quantitative estimate of drug-likeness (QED) is 0.250. The van der Waals surface area contributed by atoms with Crippen LogP contribution in [0.5, 0.6) is 6.01 Å². The minimum absolute atomic E-state index is 0.0461. The summed E-state index contributed by atoms with van der Waals surface area (Å²) in [4.78, 5) is 38.7. The lowest BCUT2D eigenvalue weighted by Crippen LogP contribution is -2.34. The second kappa shape index (κ2) is 11.7. The Balaban J connectivity index is 1.31. The van der Waals surface area contributed by atoms with Crippen LogP contribution in [0.3, 0.4) is 0 Å². The fraction of sp³-hybridized carbons (Fsp3) is 0.226. The minimum atomic E-state index is -0.585. The van der Waals surface area contributed by atoms with Crippen molar-refractivity contribution in [3.05, 3.63) is 83.3 Å². The smallest absolute Gasteiger partial charge is 0.318 e. The number of rotatable bonds is 5. The SMILES string of the molecule is COc1nc(N2CCCN(C(=O)/C=C/c3ccnc(C)n3)CC2)c2cnc(-c3cccc4cccc(Cl)c34)c(F)c2n1. The van der Waals surface area contributed by atoms with Crippen molar-refractivity contribution in [3.63, 3.8) is 0 Å². The first-order valence-electron chi connectivity index (χ1n) is 13.5. The summed E-state index contributed by atoms with van der Waals surface area (Å²) in [6.07, 6.45) is 7.17.